The number of nitrogens with one attached hydrogen (secondary N) is 1. The Morgan fingerprint density at radius 2 is 1.42 bits per heavy atom. The molecule has 0 spiro atoms. The summed E-state index contributed by atoms with van der Waals surface area (Å²) in [7, 11) is 0. The monoisotopic (exact) mass is 419 g/mol. The van der Waals surface area contributed by atoms with Gasteiger partial charge in [-0.25, -0.2) is 0 Å². The molecule has 2 unspecified atom stereocenters. The number of piperidine rings is 1. The highest BCUT2D eigenvalue weighted by Crippen LogP contribution is 2.41. The molecular formula is C27H37N3O. The molecule has 2 atom stereocenters. The average molecular weight is 420 g/mol. The predicted octanol–water partition coefficient (Wildman–Crippen LogP) is 3.91. The van der Waals surface area contributed by atoms with Crippen molar-refractivity contribution in [3.63, 3.8) is 0 Å². The first-order valence-electron chi connectivity index (χ1n) is 11.9. The summed E-state index contributed by atoms with van der Waals surface area (Å²) < 4.78 is 0. The zero-order valence-electron chi connectivity index (χ0n) is 19.0. The van der Waals surface area contributed by atoms with E-state index in [4.69, 9.17) is 0 Å². The Morgan fingerprint density at radius 3 is 1.90 bits per heavy atom. The van der Waals surface area contributed by atoms with Crippen LogP contribution in [-0.4, -0.2) is 60.9 Å². The smallest absolute Gasteiger partial charge is 0.122 e. The van der Waals surface area contributed by atoms with Gasteiger partial charge in [-0.1, -0.05) is 60.7 Å². The lowest BCUT2D eigenvalue weighted by molar-refractivity contribution is -0.110. The Labute approximate surface area is 187 Å². The van der Waals surface area contributed by atoms with Crippen molar-refractivity contribution in [2.75, 3.05) is 32.7 Å². The maximum atomic E-state index is 12.0. The van der Waals surface area contributed by atoms with Crippen molar-refractivity contribution in [2.45, 2.75) is 50.7 Å². The van der Waals surface area contributed by atoms with Crippen LogP contribution in [0.25, 0.3) is 0 Å². The third-order valence-electron chi connectivity index (χ3n) is 7.19. The van der Waals surface area contributed by atoms with E-state index in [2.05, 4.69) is 89.6 Å². The lowest BCUT2D eigenvalue weighted by Gasteiger charge is -2.48. The summed E-state index contributed by atoms with van der Waals surface area (Å²) in [6, 6.07) is 22.4. The van der Waals surface area contributed by atoms with Gasteiger partial charge in [0.1, 0.15) is 6.29 Å². The molecule has 2 heterocycles. The van der Waals surface area contributed by atoms with Crippen LogP contribution in [0.1, 0.15) is 44.2 Å². The molecule has 0 bridgehead atoms. The van der Waals surface area contributed by atoms with Crippen molar-refractivity contribution >= 4 is 6.29 Å². The zero-order valence-corrected chi connectivity index (χ0v) is 19.0. The van der Waals surface area contributed by atoms with Crippen molar-refractivity contribution in [3.8, 4) is 0 Å². The summed E-state index contributed by atoms with van der Waals surface area (Å²) in [6.07, 6.45) is 3.97. The van der Waals surface area contributed by atoms with Crippen molar-refractivity contribution in [1.29, 1.82) is 0 Å². The van der Waals surface area contributed by atoms with Crippen LogP contribution < -0.4 is 5.32 Å². The molecule has 0 aromatic heterocycles. The quantitative estimate of drug-likeness (QED) is 0.690. The highest BCUT2D eigenvalue weighted by Gasteiger charge is 2.41. The van der Waals surface area contributed by atoms with Gasteiger partial charge in [-0.15, -0.1) is 0 Å². The van der Waals surface area contributed by atoms with Crippen molar-refractivity contribution < 1.29 is 4.79 Å². The highest BCUT2D eigenvalue weighted by molar-refractivity contribution is 5.57. The Kier molecular flexibility index (Phi) is 7.21. The molecule has 2 aliphatic heterocycles. The van der Waals surface area contributed by atoms with Gasteiger partial charge in [0.05, 0.1) is 5.54 Å². The fraction of sp³-hybridized carbons (Fsp3) is 0.519. The Hall–Kier alpha value is -2.01. The number of hydrogen-bond donors (Lipinski definition) is 1. The average Bonchev–Trinajstić information content (AvgIpc) is 2.79. The second-order valence-electron chi connectivity index (χ2n) is 9.58. The van der Waals surface area contributed by atoms with Crippen LogP contribution in [0.2, 0.25) is 0 Å². The van der Waals surface area contributed by atoms with E-state index < -0.39 is 0 Å². The Balaban J connectivity index is 1.53. The van der Waals surface area contributed by atoms with Gasteiger partial charge in [-0.05, 0) is 56.8 Å². The maximum absolute atomic E-state index is 12.0. The van der Waals surface area contributed by atoms with Crippen molar-refractivity contribution in [1.82, 2.24) is 15.1 Å². The van der Waals surface area contributed by atoms with Crippen LogP contribution in [0.3, 0.4) is 0 Å². The van der Waals surface area contributed by atoms with Gasteiger partial charge in [0, 0.05) is 38.1 Å². The molecule has 4 rings (SSSR count). The summed E-state index contributed by atoms with van der Waals surface area (Å²) in [4.78, 5) is 17.2. The van der Waals surface area contributed by atoms with Crippen molar-refractivity contribution in [2.24, 2.45) is 5.92 Å². The third kappa shape index (κ3) is 4.92. The SMILES string of the molecule is CC1CN(CC2CCN(C(CC=O)(c3ccccc3)c3ccccc3)CC2)CC(C)N1. The van der Waals surface area contributed by atoms with Gasteiger partial charge in [0.25, 0.3) is 0 Å². The van der Waals surface area contributed by atoms with Gasteiger partial charge in [-0.3, -0.25) is 9.80 Å². The van der Waals surface area contributed by atoms with Crippen LogP contribution in [0.4, 0.5) is 0 Å². The summed E-state index contributed by atoms with van der Waals surface area (Å²) >= 11 is 0. The second-order valence-corrected chi connectivity index (χ2v) is 9.58. The van der Waals surface area contributed by atoms with E-state index in [1.54, 1.807) is 0 Å². The van der Waals surface area contributed by atoms with Gasteiger partial charge in [-0.2, -0.15) is 0 Å². The summed E-state index contributed by atoms with van der Waals surface area (Å²) in [5.41, 5.74) is 2.06. The number of rotatable bonds is 7. The summed E-state index contributed by atoms with van der Waals surface area (Å²) in [6.45, 7) is 10.1. The minimum Gasteiger partial charge on any atom is -0.309 e. The first-order chi connectivity index (χ1) is 15.1. The minimum absolute atomic E-state index is 0.382. The second kappa shape index (κ2) is 10.1. The van der Waals surface area contributed by atoms with Crippen LogP contribution in [0.15, 0.2) is 60.7 Å². The molecule has 2 aliphatic rings. The molecular weight excluding hydrogens is 382 g/mol. The molecule has 31 heavy (non-hydrogen) atoms. The van der Waals surface area contributed by atoms with Crippen LogP contribution in [0.5, 0.6) is 0 Å². The number of benzene rings is 2. The molecule has 0 saturated carbocycles. The summed E-state index contributed by atoms with van der Waals surface area (Å²) in [5, 5.41) is 3.64. The molecule has 2 saturated heterocycles. The number of likely N-dealkylation sites (tertiary alicyclic amines) is 1. The summed E-state index contributed by atoms with van der Waals surface area (Å²) in [5.74, 6) is 0.731. The number of piperazine rings is 1. The Morgan fingerprint density at radius 1 is 0.903 bits per heavy atom. The topological polar surface area (TPSA) is 35.6 Å². The molecule has 0 radical (unpaired) electrons. The molecule has 4 nitrogen and oxygen atoms in total. The molecule has 0 amide bonds. The van der Waals surface area contributed by atoms with E-state index >= 15 is 0 Å². The van der Waals surface area contributed by atoms with Crippen LogP contribution >= 0.6 is 0 Å². The first kappa shape index (κ1) is 22.2. The molecule has 2 aromatic carbocycles. The predicted molar refractivity (Wildman–Crippen MR) is 127 cm³/mol. The zero-order chi connectivity index (χ0) is 21.7. The van der Waals surface area contributed by atoms with E-state index in [1.807, 2.05) is 0 Å². The standard InChI is InChI=1S/C27H37N3O/c1-22-19-29(20-23(2)28-22)21-24-13-16-30(17-14-24)27(15-18-31,25-9-5-3-6-10-25)26-11-7-4-8-12-26/h3-12,18,22-24,28H,13-17,19-21H2,1-2H3. The maximum Gasteiger partial charge on any atom is 0.122 e. The van der Waals surface area contributed by atoms with E-state index in [-0.39, 0.29) is 5.54 Å². The third-order valence-corrected chi connectivity index (χ3v) is 7.19. The lowest BCUT2D eigenvalue weighted by atomic mass is 9.77. The molecule has 2 aromatic rings. The molecule has 1 N–H and O–H groups in total. The van der Waals surface area contributed by atoms with E-state index in [0.29, 0.717) is 18.5 Å². The van der Waals surface area contributed by atoms with E-state index in [1.165, 1.54) is 30.5 Å². The van der Waals surface area contributed by atoms with Crippen molar-refractivity contribution in [3.05, 3.63) is 71.8 Å². The number of carbonyl (C=O) groups is 1. The van der Waals surface area contributed by atoms with Gasteiger partial charge in [0.15, 0.2) is 0 Å². The first-order valence-corrected chi connectivity index (χ1v) is 11.9. The van der Waals surface area contributed by atoms with Crippen LogP contribution in [-0.2, 0) is 10.3 Å². The molecule has 166 valence electrons. The Bertz CT molecular complexity index is 767. The van der Waals surface area contributed by atoms with E-state index in [9.17, 15) is 4.79 Å². The van der Waals surface area contributed by atoms with E-state index in [0.717, 1.165) is 38.4 Å². The van der Waals surface area contributed by atoms with Gasteiger partial charge in [0.2, 0.25) is 0 Å². The number of carbonyl (C=O) groups excluding carboxylic acids is 1. The number of nitrogens with zero attached hydrogens (tertiary/aromatic N) is 2. The molecule has 0 aliphatic carbocycles. The fourth-order valence-electron chi connectivity index (χ4n) is 5.90. The number of hydrogen-bond acceptors (Lipinski definition) is 4. The lowest BCUT2D eigenvalue weighted by Crippen LogP contribution is -2.56. The minimum atomic E-state index is -0.382. The van der Waals surface area contributed by atoms with Gasteiger partial charge >= 0.3 is 0 Å². The normalized spacial score (nSPS) is 24.2. The fourth-order valence-corrected chi connectivity index (χ4v) is 5.90. The van der Waals surface area contributed by atoms with Crippen LogP contribution in [0, 0.1) is 5.92 Å². The largest absolute Gasteiger partial charge is 0.309 e. The van der Waals surface area contributed by atoms with Gasteiger partial charge < -0.3 is 10.1 Å². The molecule has 4 heteroatoms. The number of aldehydes is 1. The molecule has 2 fully saturated rings. The highest BCUT2D eigenvalue weighted by atomic mass is 16.1.